The summed E-state index contributed by atoms with van der Waals surface area (Å²) in [5.41, 5.74) is 0. The Morgan fingerprint density at radius 1 is 1.60 bits per heavy atom. The van der Waals surface area contributed by atoms with Gasteiger partial charge in [-0.15, -0.1) is 0 Å². The summed E-state index contributed by atoms with van der Waals surface area (Å²) in [4.78, 5) is 10.5. The molecule has 0 fully saturated rings. The summed E-state index contributed by atoms with van der Waals surface area (Å²) in [5.74, 6) is -0.325. The lowest BCUT2D eigenvalue weighted by Gasteiger charge is -1.86. The second-order valence-corrected chi connectivity index (χ2v) is 3.34. The second-order valence-electron chi connectivity index (χ2n) is 1.64. The van der Waals surface area contributed by atoms with Crippen LogP contribution in [0.4, 0.5) is 0 Å². The van der Waals surface area contributed by atoms with E-state index in [0.29, 0.717) is 0 Å². The highest BCUT2D eigenvalue weighted by molar-refractivity contribution is 14.1. The Morgan fingerprint density at radius 3 is 2.60 bits per heavy atom. The molecule has 0 unspecified atom stereocenters. The fraction of sp³-hybridized carbons (Fsp3) is 0.286. The summed E-state index contributed by atoms with van der Waals surface area (Å²) >= 11 is 2.16. The van der Waals surface area contributed by atoms with Gasteiger partial charge >= 0.3 is 5.97 Å². The first-order valence-corrected chi connectivity index (χ1v) is 3.83. The number of halogens is 1. The fourth-order valence-corrected chi connectivity index (χ4v) is 0.535. The average molecular weight is 252 g/mol. The summed E-state index contributed by atoms with van der Waals surface area (Å²) in [5, 5.41) is 0. The molecule has 0 bridgehead atoms. The summed E-state index contributed by atoms with van der Waals surface area (Å²) in [7, 11) is 1.35. The lowest BCUT2D eigenvalue weighted by molar-refractivity contribution is -0.134. The van der Waals surface area contributed by atoms with Crippen molar-refractivity contribution in [2.75, 3.05) is 7.11 Å². The van der Waals surface area contributed by atoms with E-state index < -0.39 is 0 Å². The van der Waals surface area contributed by atoms with Gasteiger partial charge in [0.2, 0.25) is 0 Å². The molecule has 0 aromatic carbocycles. The molecular formula is C7H9IO2. The van der Waals surface area contributed by atoms with Gasteiger partial charge in [0.05, 0.1) is 7.11 Å². The third kappa shape index (κ3) is 5.81. The maximum Gasteiger partial charge on any atom is 0.330 e. The molecule has 0 aliphatic rings. The number of carbonyl (C=O) groups excluding carboxylic acids is 1. The number of ether oxygens (including phenoxy) is 1. The molecule has 2 nitrogen and oxygen atoms in total. The first-order valence-electron chi connectivity index (χ1n) is 2.75. The predicted molar refractivity (Wildman–Crippen MR) is 48.9 cm³/mol. The summed E-state index contributed by atoms with van der Waals surface area (Å²) in [6.45, 7) is 1.95. The highest BCUT2D eigenvalue weighted by atomic mass is 127. The van der Waals surface area contributed by atoms with E-state index in [0.717, 1.165) is 3.58 Å². The molecule has 0 aliphatic carbocycles. The van der Waals surface area contributed by atoms with Crippen LogP contribution in [0.5, 0.6) is 0 Å². The molecule has 0 amide bonds. The third-order valence-electron chi connectivity index (χ3n) is 0.759. The molecule has 0 aliphatic heterocycles. The predicted octanol–water partition coefficient (Wildman–Crippen LogP) is 2.05. The van der Waals surface area contributed by atoms with Crippen molar-refractivity contribution in [3.63, 3.8) is 0 Å². The van der Waals surface area contributed by atoms with Crippen LogP contribution in [-0.4, -0.2) is 13.1 Å². The summed E-state index contributed by atoms with van der Waals surface area (Å²) in [6, 6.07) is 0. The monoisotopic (exact) mass is 252 g/mol. The number of hydrogen-bond acceptors (Lipinski definition) is 2. The third-order valence-corrected chi connectivity index (χ3v) is 1.12. The highest BCUT2D eigenvalue weighted by Gasteiger charge is 1.86. The van der Waals surface area contributed by atoms with Crippen molar-refractivity contribution in [1.29, 1.82) is 0 Å². The molecule has 10 heavy (non-hydrogen) atoms. The molecule has 0 radical (unpaired) electrons. The molecule has 0 saturated heterocycles. The molecule has 0 atom stereocenters. The van der Waals surface area contributed by atoms with Crippen molar-refractivity contribution in [2.24, 2.45) is 0 Å². The first-order chi connectivity index (χ1) is 4.66. The Kier molecular flexibility index (Phi) is 5.29. The molecule has 0 heterocycles. The molecular weight excluding hydrogens is 243 g/mol. The van der Waals surface area contributed by atoms with E-state index in [2.05, 4.69) is 27.3 Å². The smallest absolute Gasteiger partial charge is 0.330 e. The molecule has 0 aromatic rings. The minimum Gasteiger partial charge on any atom is -0.466 e. The van der Waals surface area contributed by atoms with Gasteiger partial charge in [0.15, 0.2) is 0 Å². The van der Waals surface area contributed by atoms with E-state index in [1.54, 1.807) is 6.08 Å². The molecule has 0 aromatic heterocycles. The van der Waals surface area contributed by atoms with Crippen molar-refractivity contribution in [2.45, 2.75) is 6.92 Å². The van der Waals surface area contributed by atoms with Crippen LogP contribution in [-0.2, 0) is 9.53 Å². The zero-order valence-corrected chi connectivity index (χ0v) is 8.08. The number of rotatable bonds is 2. The van der Waals surface area contributed by atoms with Crippen LogP contribution in [0.3, 0.4) is 0 Å². The summed E-state index contributed by atoms with van der Waals surface area (Å²) in [6.07, 6.45) is 4.87. The molecule has 56 valence electrons. The van der Waals surface area contributed by atoms with E-state index in [1.807, 2.05) is 13.0 Å². The molecule has 0 spiro atoms. The molecule has 3 heteroatoms. The van der Waals surface area contributed by atoms with Crippen molar-refractivity contribution < 1.29 is 9.53 Å². The van der Waals surface area contributed by atoms with Gasteiger partial charge in [-0.2, -0.15) is 0 Å². The van der Waals surface area contributed by atoms with Crippen molar-refractivity contribution >= 4 is 28.6 Å². The van der Waals surface area contributed by atoms with Crippen LogP contribution in [0.25, 0.3) is 0 Å². The Balaban J connectivity index is 3.77. The number of hydrogen-bond donors (Lipinski definition) is 0. The fourth-order valence-electron chi connectivity index (χ4n) is 0.327. The zero-order valence-electron chi connectivity index (χ0n) is 5.93. The SMILES string of the molecule is COC(=O)/C=C/C=C(/C)I. The normalized spacial score (nSPS) is 12.1. The van der Waals surface area contributed by atoms with Crippen LogP contribution in [0.2, 0.25) is 0 Å². The Hall–Kier alpha value is -0.320. The van der Waals surface area contributed by atoms with Gasteiger partial charge in [-0.1, -0.05) is 12.2 Å². The molecule has 0 rings (SSSR count). The lowest BCUT2D eigenvalue weighted by atomic mass is 10.4. The Morgan fingerprint density at radius 2 is 2.20 bits per heavy atom. The minimum absolute atomic E-state index is 0.325. The summed E-state index contributed by atoms with van der Waals surface area (Å²) < 4.78 is 5.50. The van der Waals surface area contributed by atoms with Gasteiger partial charge in [-0.25, -0.2) is 4.79 Å². The van der Waals surface area contributed by atoms with E-state index in [-0.39, 0.29) is 5.97 Å². The van der Waals surface area contributed by atoms with E-state index >= 15 is 0 Å². The van der Waals surface area contributed by atoms with Gasteiger partial charge < -0.3 is 4.74 Å². The number of esters is 1. The van der Waals surface area contributed by atoms with Gasteiger partial charge in [-0.05, 0) is 33.1 Å². The standard InChI is InChI=1S/C7H9IO2/c1-6(8)4-3-5-7(9)10-2/h3-5H,1-2H3/b5-3+,6-4-. The maximum absolute atomic E-state index is 10.5. The van der Waals surface area contributed by atoms with Gasteiger partial charge in [0.25, 0.3) is 0 Å². The number of carbonyl (C=O) groups is 1. The molecule has 0 N–H and O–H groups in total. The first kappa shape index (κ1) is 9.68. The van der Waals surface area contributed by atoms with Crippen molar-refractivity contribution in [3.05, 3.63) is 21.8 Å². The second kappa shape index (κ2) is 5.46. The van der Waals surface area contributed by atoms with E-state index in [1.165, 1.54) is 13.2 Å². The zero-order chi connectivity index (χ0) is 7.98. The van der Waals surface area contributed by atoms with Gasteiger partial charge in [0, 0.05) is 6.08 Å². The van der Waals surface area contributed by atoms with Gasteiger partial charge in [-0.3, -0.25) is 0 Å². The van der Waals surface area contributed by atoms with Crippen molar-refractivity contribution in [1.82, 2.24) is 0 Å². The topological polar surface area (TPSA) is 26.3 Å². The van der Waals surface area contributed by atoms with Crippen LogP contribution < -0.4 is 0 Å². The van der Waals surface area contributed by atoms with Crippen LogP contribution in [0, 0.1) is 0 Å². The largest absolute Gasteiger partial charge is 0.466 e. The lowest BCUT2D eigenvalue weighted by Crippen LogP contribution is -1.92. The van der Waals surface area contributed by atoms with Crippen LogP contribution in [0.15, 0.2) is 21.8 Å². The number of methoxy groups -OCH3 is 1. The van der Waals surface area contributed by atoms with Crippen LogP contribution >= 0.6 is 22.6 Å². The maximum atomic E-state index is 10.5. The number of allylic oxidation sites excluding steroid dienone is 3. The van der Waals surface area contributed by atoms with E-state index in [4.69, 9.17) is 0 Å². The van der Waals surface area contributed by atoms with E-state index in [9.17, 15) is 4.79 Å². The Bertz CT molecular complexity index is 166. The quantitative estimate of drug-likeness (QED) is 0.325. The Labute approximate surface area is 74.1 Å². The van der Waals surface area contributed by atoms with Gasteiger partial charge in [0.1, 0.15) is 0 Å². The highest BCUT2D eigenvalue weighted by Crippen LogP contribution is 2.01. The molecule has 0 saturated carbocycles. The van der Waals surface area contributed by atoms with Crippen molar-refractivity contribution in [3.8, 4) is 0 Å². The van der Waals surface area contributed by atoms with Crippen LogP contribution in [0.1, 0.15) is 6.92 Å². The minimum atomic E-state index is -0.325. The average Bonchev–Trinajstić information content (AvgIpc) is 1.87.